The average Bonchev–Trinajstić information content (AvgIpc) is 2.62. The van der Waals surface area contributed by atoms with E-state index in [0.29, 0.717) is 0 Å². The summed E-state index contributed by atoms with van der Waals surface area (Å²) in [5, 5.41) is 5.29. The fraction of sp³-hybridized carbons (Fsp3) is 0.300. The Morgan fingerprint density at radius 1 is 1.08 bits per heavy atom. The van der Waals surface area contributed by atoms with Crippen LogP contribution in [0.3, 0.4) is 0 Å². The van der Waals surface area contributed by atoms with E-state index in [4.69, 9.17) is 0 Å². The summed E-state index contributed by atoms with van der Waals surface area (Å²) in [6, 6.07) is 15.7. The lowest BCUT2D eigenvalue weighted by Crippen LogP contribution is -2.37. The molecule has 0 aromatic heterocycles. The van der Waals surface area contributed by atoms with Gasteiger partial charge in [0.1, 0.15) is 0 Å². The highest BCUT2D eigenvalue weighted by atomic mass is 32.2. The molecule has 0 bridgehead atoms. The van der Waals surface area contributed by atoms with Crippen molar-refractivity contribution in [3.8, 4) is 0 Å². The molecule has 2 aromatic carbocycles. The standard InChI is InChI=1S/C20H24N2O2S/c1-4-16-7-5-6-8-18(16)22-19(23)13-21-20(24)15(3)25-17-11-9-14(2)10-12-17/h5-12,15H,4,13H2,1-3H3,(H,21,24)(H,22,23)/t15-/m1/s1. The molecule has 2 N–H and O–H groups in total. The quantitative estimate of drug-likeness (QED) is 0.742. The van der Waals surface area contributed by atoms with Gasteiger partial charge in [0.25, 0.3) is 0 Å². The first-order valence-corrected chi connectivity index (χ1v) is 9.26. The minimum atomic E-state index is -0.265. The van der Waals surface area contributed by atoms with Crippen LogP contribution in [0, 0.1) is 6.92 Å². The molecule has 0 unspecified atom stereocenters. The summed E-state index contributed by atoms with van der Waals surface area (Å²) in [5.41, 5.74) is 3.06. The van der Waals surface area contributed by atoms with Crippen LogP contribution in [0.25, 0.3) is 0 Å². The Labute approximate surface area is 153 Å². The molecule has 2 rings (SSSR count). The number of benzene rings is 2. The van der Waals surface area contributed by atoms with Crippen molar-refractivity contribution in [2.75, 3.05) is 11.9 Å². The Balaban J connectivity index is 1.82. The van der Waals surface area contributed by atoms with Crippen molar-refractivity contribution in [2.45, 2.75) is 37.3 Å². The van der Waals surface area contributed by atoms with Crippen molar-refractivity contribution in [3.05, 3.63) is 59.7 Å². The van der Waals surface area contributed by atoms with Crippen molar-refractivity contribution in [1.29, 1.82) is 0 Å². The molecule has 0 fully saturated rings. The summed E-state index contributed by atoms with van der Waals surface area (Å²) in [5.74, 6) is -0.369. The maximum absolute atomic E-state index is 12.2. The maximum atomic E-state index is 12.2. The van der Waals surface area contributed by atoms with Crippen LogP contribution in [-0.4, -0.2) is 23.6 Å². The molecule has 0 spiro atoms. The Morgan fingerprint density at radius 3 is 2.44 bits per heavy atom. The predicted octanol–water partition coefficient (Wildman–Crippen LogP) is 3.79. The molecule has 2 aromatic rings. The lowest BCUT2D eigenvalue weighted by atomic mass is 10.1. The number of amides is 2. The van der Waals surface area contributed by atoms with Gasteiger partial charge in [-0.05, 0) is 44.0 Å². The molecular formula is C20H24N2O2S. The zero-order valence-corrected chi connectivity index (χ0v) is 15.7. The Bertz CT molecular complexity index is 729. The van der Waals surface area contributed by atoms with Gasteiger partial charge in [-0.2, -0.15) is 0 Å². The second kappa shape index (κ2) is 9.28. The van der Waals surface area contributed by atoms with Gasteiger partial charge in [0.2, 0.25) is 11.8 Å². The summed E-state index contributed by atoms with van der Waals surface area (Å²) in [6.45, 7) is 5.87. The number of carbonyl (C=O) groups is 2. The second-order valence-corrected chi connectivity index (χ2v) is 7.26. The van der Waals surface area contributed by atoms with Crippen LogP contribution in [-0.2, 0) is 16.0 Å². The van der Waals surface area contributed by atoms with E-state index in [2.05, 4.69) is 10.6 Å². The number of aryl methyl sites for hydroxylation is 2. The van der Waals surface area contributed by atoms with Crippen molar-refractivity contribution in [3.63, 3.8) is 0 Å². The highest BCUT2D eigenvalue weighted by Gasteiger charge is 2.15. The molecule has 4 nitrogen and oxygen atoms in total. The Hall–Kier alpha value is -2.27. The van der Waals surface area contributed by atoms with Crippen molar-refractivity contribution < 1.29 is 9.59 Å². The third kappa shape index (κ3) is 5.94. The number of thioether (sulfide) groups is 1. The van der Waals surface area contributed by atoms with Crippen LogP contribution in [0.4, 0.5) is 5.69 Å². The van der Waals surface area contributed by atoms with Crippen molar-refractivity contribution >= 4 is 29.3 Å². The van der Waals surface area contributed by atoms with Gasteiger partial charge in [-0.25, -0.2) is 0 Å². The molecule has 25 heavy (non-hydrogen) atoms. The number of hydrogen-bond acceptors (Lipinski definition) is 3. The molecule has 0 saturated carbocycles. The van der Waals surface area contributed by atoms with E-state index in [-0.39, 0.29) is 23.6 Å². The first-order chi connectivity index (χ1) is 12.0. The first kappa shape index (κ1) is 19.1. The highest BCUT2D eigenvalue weighted by molar-refractivity contribution is 8.00. The van der Waals surface area contributed by atoms with Gasteiger partial charge in [-0.15, -0.1) is 11.8 Å². The molecule has 0 aliphatic carbocycles. The zero-order chi connectivity index (χ0) is 18.2. The van der Waals surface area contributed by atoms with Crippen molar-refractivity contribution in [1.82, 2.24) is 5.32 Å². The van der Waals surface area contributed by atoms with Gasteiger partial charge < -0.3 is 10.6 Å². The molecule has 0 heterocycles. The summed E-state index contributed by atoms with van der Waals surface area (Å²) >= 11 is 1.48. The normalized spacial score (nSPS) is 11.6. The summed E-state index contributed by atoms with van der Waals surface area (Å²) < 4.78 is 0. The smallest absolute Gasteiger partial charge is 0.243 e. The van der Waals surface area contributed by atoms with E-state index in [1.807, 2.05) is 69.3 Å². The number of hydrogen-bond donors (Lipinski definition) is 2. The molecule has 0 aliphatic heterocycles. The third-order valence-corrected chi connectivity index (χ3v) is 4.91. The minimum absolute atomic E-state index is 0.0321. The van der Waals surface area contributed by atoms with E-state index < -0.39 is 0 Å². The fourth-order valence-electron chi connectivity index (χ4n) is 2.33. The largest absolute Gasteiger partial charge is 0.346 e. The molecule has 0 saturated heterocycles. The average molecular weight is 356 g/mol. The van der Waals surface area contributed by atoms with Gasteiger partial charge in [0.05, 0.1) is 11.8 Å². The molecular weight excluding hydrogens is 332 g/mol. The van der Waals surface area contributed by atoms with Crippen molar-refractivity contribution in [2.24, 2.45) is 0 Å². The summed E-state index contributed by atoms with van der Waals surface area (Å²) in [6.07, 6.45) is 0.840. The van der Waals surface area contributed by atoms with Crippen LogP contribution < -0.4 is 10.6 Å². The fourth-order valence-corrected chi connectivity index (χ4v) is 3.22. The second-order valence-electron chi connectivity index (χ2n) is 5.85. The molecule has 1 atom stereocenters. The van der Waals surface area contributed by atoms with Crippen LogP contribution in [0.5, 0.6) is 0 Å². The minimum Gasteiger partial charge on any atom is -0.346 e. The zero-order valence-electron chi connectivity index (χ0n) is 14.8. The lowest BCUT2D eigenvalue weighted by Gasteiger charge is -2.13. The molecule has 0 radical (unpaired) electrons. The molecule has 2 amide bonds. The lowest BCUT2D eigenvalue weighted by molar-refractivity contribution is -0.123. The molecule has 0 aliphatic rings. The van der Waals surface area contributed by atoms with Gasteiger partial charge in [0, 0.05) is 10.6 Å². The summed E-state index contributed by atoms with van der Waals surface area (Å²) in [7, 11) is 0. The number of rotatable bonds is 7. The van der Waals surface area contributed by atoms with Gasteiger partial charge in [-0.1, -0.05) is 42.8 Å². The third-order valence-electron chi connectivity index (χ3n) is 3.80. The number of anilines is 1. The first-order valence-electron chi connectivity index (χ1n) is 8.38. The van der Waals surface area contributed by atoms with Gasteiger partial charge >= 0.3 is 0 Å². The van der Waals surface area contributed by atoms with Crippen LogP contribution in [0.15, 0.2) is 53.4 Å². The van der Waals surface area contributed by atoms with E-state index in [0.717, 1.165) is 22.6 Å². The van der Waals surface area contributed by atoms with E-state index in [9.17, 15) is 9.59 Å². The van der Waals surface area contributed by atoms with E-state index >= 15 is 0 Å². The summed E-state index contributed by atoms with van der Waals surface area (Å²) in [4.78, 5) is 25.3. The van der Waals surface area contributed by atoms with Gasteiger partial charge in [0.15, 0.2) is 0 Å². The van der Waals surface area contributed by atoms with Crippen LogP contribution in [0.2, 0.25) is 0 Å². The highest BCUT2D eigenvalue weighted by Crippen LogP contribution is 2.23. The number of para-hydroxylation sites is 1. The SMILES string of the molecule is CCc1ccccc1NC(=O)CNC(=O)[C@@H](C)Sc1ccc(C)cc1. The van der Waals surface area contributed by atoms with E-state index in [1.165, 1.54) is 17.3 Å². The topological polar surface area (TPSA) is 58.2 Å². The Kier molecular flexibility index (Phi) is 7.07. The van der Waals surface area contributed by atoms with E-state index in [1.54, 1.807) is 0 Å². The molecule has 5 heteroatoms. The van der Waals surface area contributed by atoms with Gasteiger partial charge in [-0.3, -0.25) is 9.59 Å². The van der Waals surface area contributed by atoms with Crippen LogP contribution in [0.1, 0.15) is 25.0 Å². The number of nitrogens with one attached hydrogen (secondary N) is 2. The Morgan fingerprint density at radius 2 is 1.76 bits per heavy atom. The molecule has 132 valence electrons. The van der Waals surface area contributed by atoms with Crippen LogP contribution >= 0.6 is 11.8 Å². The maximum Gasteiger partial charge on any atom is 0.243 e. The number of carbonyl (C=O) groups excluding carboxylic acids is 2. The monoisotopic (exact) mass is 356 g/mol. The predicted molar refractivity (Wildman–Crippen MR) is 104 cm³/mol.